The van der Waals surface area contributed by atoms with Gasteiger partial charge in [-0.25, -0.2) is 0 Å². The third kappa shape index (κ3) is 6.36. The van der Waals surface area contributed by atoms with Crippen molar-refractivity contribution in [2.75, 3.05) is 0 Å². The highest BCUT2D eigenvalue weighted by atomic mass is 13.8. The summed E-state index contributed by atoms with van der Waals surface area (Å²) >= 11 is 0. The van der Waals surface area contributed by atoms with Gasteiger partial charge in [0.1, 0.15) is 0 Å². The molecule has 0 saturated carbocycles. The zero-order valence-electron chi connectivity index (χ0n) is 10.6. The van der Waals surface area contributed by atoms with Crippen LogP contribution in [0.2, 0.25) is 0 Å². The molecular formula is C17H20. The van der Waals surface area contributed by atoms with E-state index in [1.165, 1.54) is 11.1 Å². The van der Waals surface area contributed by atoms with Crippen LogP contribution in [0.5, 0.6) is 0 Å². The molecule has 0 aliphatic rings. The van der Waals surface area contributed by atoms with Gasteiger partial charge >= 0.3 is 0 Å². The van der Waals surface area contributed by atoms with Crippen LogP contribution in [0.25, 0.3) is 0 Å². The summed E-state index contributed by atoms with van der Waals surface area (Å²) in [5.74, 6) is 0. The molecule has 0 unspecified atom stereocenters. The predicted molar refractivity (Wildman–Crippen MR) is 75.8 cm³/mol. The first-order valence-electron chi connectivity index (χ1n) is 6.05. The van der Waals surface area contributed by atoms with Gasteiger partial charge in [-0.3, -0.25) is 0 Å². The van der Waals surface area contributed by atoms with Gasteiger partial charge in [0.15, 0.2) is 0 Å². The van der Waals surface area contributed by atoms with Gasteiger partial charge in [-0.1, -0.05) is 85.3 Å². The van der Waals surface area contributed by atoms with Crippen molar-refractivity contribution in [1.82, 2.24) is 0 Å². The fourth-order valence-electron chi connectivity index (χ4n) is 1.38. The second-order valence-corrected chi connectivity index (χ2v) is 3.88. The molecule has 17 heavy (non-hydrogen) atoms. The molecule has 1 aromatic rings. The zero-order valence-corrected chi connectivity index (χ0v) is 10.6. The van der Waals surface area contributed by atoms with Crippen LogP contribution in [-0.2, 0) is 6.42 Å². The fourth-order valence-corrected chi connectivity index (χ4v) is 1.38. The molecule has 0 fully saturated rings. The van der Waals surface area contributed by atoms with Crippen LogP contribution in [-0.4, -0.2) is 0 Å². The third-order valence-electron chi connectivity index (χ3n) is 2.41. The third-order valence-corrected chi connectivity index (χ3v) is 2.41. The van der Waals surface area contributed by atoms with E-state index in [4.69, 9.17) is 0 Å². The van der Waals surface area contributed by atoms with Crippen molar-refractivity contribution in [3.8, 4) is 0 Å². The maximum Gasteiger partial charge on any atom is -0.0307 e. The van der Waals surface area contributed by atoms with Crippen LogP contribution in [0.4, 0.5) is 0 Å². The molecule has 0 aliphatic carbocycles. The highest BCUT2D eigenvalue weighted by Crippen LogP contribution is 1.95. The summed E-state index contributed by atoms with van der Waals surface area (Å²) in [5.41, 5.74) is 2.57. The Morgan fingerprint density at radius 3 is 1.59 bits per heavy atom. The van der Waals surface area contributed by atoms with Gasteiger partial charge in [0.2, 0.25) is 0 Å². The van der Waals surface area contributed by atoms with E-state index in [1.54, 1.807) is 0 Å². The van der Waals surface area contributed by atoms with E-state index in [2.05, 4.69) is 74.5 Å². The lowest BCUT2D eigenvalue weighted by Gasteiger charge is -1.87. The summed E-state index contributed by atoms with van der Waals surface area (Å²) < 4.78 is 0. The Bertz CT molecular complexity index is 444. The molecule has 0 saturated heterocycles. The lowest BCUT2D eigenvalue weighted by molar-refractivity contribution is 1.14. The van der Waals surface area contributed by atoms with Crippen molar-refractivity contribution >= 4 is 0 Å². The summed E-state index contributed by atoms with van der Waals surface area (Å²) in [4.78, 5) is 0. The van der Waals surface area contributed by atoms with Crippen LogP contribution in [0.3, 0.4) is 0 Å². The lowest BCUT2D eigenvalue weighted by atomic mass is 10.2. The minimum Gasteiger partial charge on any atom is -0.0623 e. The van der Waals surface area contributed by atoms with Gasteiger partial charge in [-0.2, -0.15) is 0 Å². The molecule has 0 amide bonds. The van der Waals surface area contributed by atoms with Crippen LogP contribution < -0.4 is 0 Å². The number of rotatable bonds is 1. The van der Waals surface area contributed by atoms with E-state index in [-0.39, 0.29) is 0 Å². The Labute approximate surface area is 105 Å². The average Bonchev–Trinajstić information content (AvgIpc) is 2.34. The SMILES string of the molecule is CCc1cccccccc(C)ccccc1. The fraction of sp³-hybridized carbons (Fsp3) is 0.176. The standard InChI is InChI=1S/C17H20/c1-3-17-14-10-6-4-5-8-12-16(2)13-9-7-11-15-17/h4-15H,3H2,1-2H3. The Morgan fingerprint density at radius 1 is 0.647 bits per heavy atom. The van der Waals surface area contributed by atoms with Crippen molar-refractivity contribution < 1.29 is 0 Å². The molecule has 0 atom stereocenters. The van der Waals surface area contributed by atoms with Crippen LogP contribution in [0.1, 0.15) is 18.1 Å². The molecule has 0 bridgehead atoms. The first kappa shape index (κ1) is 13.2. The number of hydrogen-bond donors (Lipinski definition) is 0. The van der Waals surface area contributed by atoms with Gasteiger partial charge in [0.05, 0.1) is 0 Å². The minimum absolute atomic E-state index is 1.05. The van der Waals surface area contributed by atoms with E-state index in [0.717, 1.165) is 6.42 Å². The van der Waals surface area contributed by atoms with Gasteiger partial charge in [-0.05, 0) is 18.9 Å². The Balaban J connectivity index is 3.22. The average molecular weight is 224 g/mol. The van der Waals surface area contributed by atoms with Crippen LogP contribution >= 0.6 is 0 Å². The van der Waals surface area contributed by atoms with Crippen molar-refractivity contribution in [2.24, 2.45) is 0 Å². The molecule has 1 rings (SSSR count). The van der Waals surface area contributed by atoms with E-state index in [0.29, 0.717) is 0 Å². The Kier molecular flexibility index (Phi) is 6.50. The Morgan fingerprint density at radius 2 is 1.06 bits per heavy atom. The largest absolute Gasteiger partial charge is 0.0623 e. The summed E-state index contributed by atoms with van der Waals surface area (Å²) in [6.45, 7) is 4.26. The van der Waals surface area contributed by atoms with E-state index >= 15 is 0 Å². The van der Waals surface area contributed by atoms with Crippen LogP contribution in [0, 0.1) is 6.92 Å². The molecule has 0 radical (unpaired) electrons. The van der Waals surface area contributed by atoms with Crippen molar-refractivity contribution in [2.45, 2.75) is 20.3 Å². The maximum atomic E-state index is 2.17. The van der Waals surface area contributed by atoms with Crippen molar-refractivity contribution in [3.63, 3.8) is 0 Å². The molecular weight excluding hydrogens is 204 g/mol. The second kappa shape index (κ2) is 8.35. The monoisotopic (exact) mass is 224 g/mol. The Hall–Kier alpha value is -1.82. The summed E-state index contributed by atoms with van der Waals surface area (Å²) in [6.07, 6.45) is 1.05. The maximum absolute atomic E-state index is 2.17. The summed E-state index contributed by atoms with van der Waals surface area (Å²) in [5, 5.41) is 0. The first-order chi connectivity index (χ1) is 8.33. The quantitative estimate of drug-likeness (QED) is 0.642. The van der Waals surface area contributed by atoms with Crippen LogP contribution in [0.15, 0.2) is 72.8 Å². The van der Waals surface area contributed by atoms with Gasteiger partial charge < -0.3 is 0 Å². The minimum atomic E-state index is 1.05. The number of aryl methyl sites for hydroxylation is 2. The molecule has 0 spiro atoms. The predicted octanol–water partition coefficient (Wildman–Crippen LogP) is 4.81. The molecule has 0 nitrogen and oxygen atoms in total. The van der Waals surface area contributed by atoms with E-state index < -0.39 is 0 Å². The summed E-state index contributed by atoms with van der Waals surface area (Å²) in [6, 6.07) is 25.0. The lowest BCUT2D eigenvalue weighted by Crippen LogP contribution is -1.71. The molecule has 88 valence electrons. The zero-order chi connectivity index (χ0) is 12.3. The van der Waals surface area contributed by atoms with E-state index in [1.807, 2.05) is 12.1 Å². The van der Waals surface area contributed by atoms with Gasteiger partial charge in [0.25, 0.3) is 0 Å². The molecule has 0 heteroatoms. The smallest absolute Gasteiger partial charge is 0.0307 e. The molecule has 0 aromatic heterocycles. The molecule has 0 aliphatic heterocycles. The van der Waals surface area contributed by atoms with Gasteiger partial charge in [-0.15, -0.1) is 0 Å². The van der Waals surface area contributed by atoms with Gasteiger partial charge in [0, 0.05) is 0 Å². The highest BCUT2D eigenvalue weighted by Gasteiger charge is 1.78. The van der Waals surface area contributed by atoms with Crippen molar-refractivity contribution in [1.29, 1.82) is 0 Å². The van der Waals surface area contributed by atoms with Crippen molar-refractivity contribution in [3.05, 3.63) is 83.9 Å². The number of hydrogen-bond acceptors (Lipinski definition) is 0. The highest BCUT2D eigenvalue weighted by molar-refractivity contribution is 5.12. The summed E-state index contributed by atoms with van der Waals surface area (Å²) in [7, 11) is 0. The normalized spacial score (nSPS) is 8.82. The molecule has 1 aromatic carbocycles. The second-order valence-electron chi connectivity index (χ2n) is 3.88. The topological polar surface area (TPSA) is 0 Å². The molecule has 0 N–H and O–H groups in total. The van der Waals surface area contributed by atoms with E-state index in [9.17, 15) is 0 Å². The first-order valence-corrected chi connectivity index (χ1v) is 6.05. The molecule has 0 heterocycles.